The zero-order valence-corrected chi connectivity index (χ0v) is 12.6. The number of thioether (sulfide) groups is 1. The van der Waals surface area contributed by atoms with Crippen LogP contribution in [0.5, 0.6) is 0 Å². The Hall–Kier alpha value is -1.80. The quantitative estimate of drug-likeness (QED) is 0.544. The van der Waals surface area contributed by atoms with E-state index in [0.717, 1.165) is 0 Å². The summed E-state index contributed by atoms with van der Waals surface area (Å²) in [5.41, 5.74) is 0.425. The highest BCUT2D eigenvalue weighted by Crippen LogP contribution is 2.34. The minimum atomic E-state index is -0.977. The van der Waals surface area contributed by atoms with Crippen molar-refractivity contribution in [2.24, 2.45) is 0 Å². The highest BCUT2D eigenvalue weighted by Gasteiger charge is 2.26. The average molecular weight is 311 g/mol. The molecule has 2 rings (SSSR count). The molecule has 7 nitrogen and oxygen atoms in total. The number of nitro groups is 1. The summed E-state index contributed by atoms with van der Waals surface area (Å²) in [6.45, 7) is 1.85. The first-order valence-corrected chi connectivity index (χ1v) is 7.78. The first kappa shape index (κ1) is 15.6. The van der Waals surface area contributed by atoms with Crippen LogP contribution >= 0.6 is 11.8 Å². The Kier molecular flexibility index (Phi) is 4.38. The fourth-order valence-electron chi connectivity index (χ4n) is 2.20. The SMILES string of the molecule is CSCC(C)(O)CNc1cc2c(cc1[N+](=O)[O-])CC(=O)N2. The van der Waals surface area contributed by atoms with E-state index in [-0.39, 0.29) is 24.6 Å². The molecular weight excluding hydrogens is 294 g/mol. The topological polar surface area (TPSA) is 104 Å². The largest absolute Gasteiger partial charge is 0.387 e. The van der Waals surface area contributed by atoms with Crippen LogP contribution in [-0.2, 0) is 11.2 Å². The van der Waals surface area contributed by atoms with Crippen molar-refractivity contribution in [3.05, 3.63) is 27.8 Å². The van der Waals surface area contributed by atoms with Gasteiger partial charge < -0.3 is 15.7 Å². The predicted octanol–water partition coefficient (Wildman–Crippen LogP) is 1.62. The van der Waals surface area contributed by atoms with Gasteiger partial charge in [-0.05, 0) is 24.8 Å². The van der Waals surface area contributed by atoms with Gasteiger partial charge in [0.05, 0.1) is 16.9 Å². The standard InChI is InChI=1S/C13H17N3O4S/c1-13(18,7-21-2)6-14-10-5-9-8(4-12(17)15-9)3-11(10)16(19)20/h3,5,14,18H,4,6-7H2,1-2H3,(H,15,17). The third-order valence-corrected chi connectivity index (χ3v) is 4.07. The maximum absolute atomic E-state index is 11.4. The number of hydrogen-bond acceptors (Lipinski definition) is 6. The molecule has 1 atom stereocenters. The van der Waals surface area contributed by atoms with Crippen molar-refractivity contribution in [3.8, 4) is 0 Å². The van der Waals surface area contributed by atoms with Crippen LogP contribution in [-0.4, -0.2) is 40.1 Å². The molecule has 1 aromatic carbocycles. The summed E-state index contributed by atoms with van der Waals surface area (Å²) >= 11 is 1.49. The van der Waals surface area contributed by atoms with Crippen molar-refractivity contribution < 1.29 is 14.8 Å². The van der Waals surface area contributed by atoms with E-state index in [1.54, 1.807) is 13.0 Å². The van der Waals surface area contributed by atoms with Gasteiger partial charge in [-0.15, -0.1) is 0 Å². The van der Waals surface area contributed by atoms with Crippen LogP contribution in [0.3, 0.4) is 0 Å². The summed E-state index contributed by atoms with van der Waals surface area (Å²) < 4.78 is 0. The second-order valence-corrected chi connectivity index (χ2v) is 6.16. The Bertz CT molecular complexity index is 589. The van der Waals surface area contributed by atoms with E-state index in [9.17, 15) is 20.0 Å². The monoisotopic (exact) mass is 311 g/mol. The van der Waals surface area contributed by atoms with Crippen LogP contribution in [0.25, 0.3) is 0 Å². The van der Waals surface area contributed by atoms with Crippen molar-refractivity contribution in [2.75, 3.05) is 29.2 Å². The molecule has 8 heteroatoms. The number of nitro benzene ring substituents is 1. The third-order valence-electron chi connectivity index (χ3n) is 3.16. The molecule has 0 radical (unpaired) electrons. The lowest BCUT2D eigenvalue weighted by molar-refractivity contribution is -0.384. The number of rotatable bonds is 6. The van der Waals surface area contributed by atoms with Crippen molar-refractivity contribution in [3.63, 3.8) is 0 Å². The first-order valence-electron chi connectivity index (χ1n) is 6.39. The van der Waals surface area contributed by atoms with E-state index in [0.29, 0.717) is 22.7 Å². The van der Waals surface area contributed by atoms with E-state index in [2.05, 4.69) is 10.6 Å². The van der Waals surface area contributed by atoms with Crippen LogP contribution in [0.2, 0.25) is 0 Å². The van der Waals surface area contributed by atoms with Crippen molar-refractivity contribution in [1.82, 2.24) is 0 Å². The summed E-state index contributed by atoms with van der Waals surface area (Å²) in [6.07, 6.45) is 2.03. The van der Waals surface area contributed by atoms with E-state index in [1.807, 2.05) is 6.26 Å². The Labute approximate surface area is 126 Å². The molecule has 1 aromatic rings. The van der Waals surface area contributed by atoms with Crippen LogP contribution in [0, 0.1) is 10.1 Å². The van der Waals surface area contributed by atoms with Gasteiger partial charge in [0.1, 0.15) is 5.69 Å². The second kappa shape index (κ2) is 5.90. The first-order chi connectivity index (χ1) is 9.82. The van der Waals surface area contributed by atoms with Gasteiger partial charge in [-0.1, -0.05) is 0 Å². The van der Waals surface area contributed by atoms with E-state index in [4.69, 9.17) is 0 Å². The van der Waals surface area contributed by atoms with Crippen LogP contribution < -0.4 is 10.6 Å². The van der Waals surface area contributed by atoms with Gasteiger partial charge in [0, 0.05) is 24.1 Å². The molecule has 0 aliphatic carbocycles. The van der Waals surface area contributed by atoms with Crippen LogP contribution in [0.15, 0.2) is 12.1 Å². The summed E-state index contributed by atoms with van der Waals surface area (Å²) in [4.78, 5) is 22.0. The predicted molar refractivity (Wildman–Crippen MR) is 82.9 cm³/mol. The fourth-order valence-corrected chi connectivity index (χ4v) is 2.93. The third kappa shape index (κ3) is 3.64. The second-order valence-electron chi connectivity index (χ2n) is 5.29. The van der Waals surface area contributed by atoms with Gasteiger partial charge in [-0.2, -0.15) is 11.8 Å². The maximum Gasteiger partial charge on any atom is 0.292 e. The molecule has 0 bridgehead atoms. The number of anilines is 2. The number of fused-ring (bicyclic) bond motifs is 1. The molecule has 1 unspecified atom stereocenters. The maximum atomic E-state index is 11.4. The van der Waals surface area contributed by atoms with Gasteiger partial charge >= 0.3 is 0 Å². The minimum absolute atomic E-state index is 0.0924. The van der Waals surface area contributed by atoms with Gasteiger partial charge in [0.2, 0.25) is 5.91 Å². The summed E-state index contributed by atoms with van der Waals surface area (Å²) in [5.74, 6) is 0.334. The average Bonchev–Trinajstić information content (AvgIpc) is 2.74. The Morgan fingerprint density at radius 1 is 1.57 bits per heavy atom. The van der Waals surface area contributed by atoms with Crippen molar-refractivity contribution in [1.29, 1.82) is 0 Å². The zero-order chi connectivity index (χ0) is 15.6. The Morgan fingerprint density at radius 2 is 2.29 bits per heavy atom. The molecule has 0 spiro atoms. The fraction of sp³-hybridized carbons (Fsp3) is 0.462. The summed E-state index contributed by atoms with van der Waals surface area (Å²) in [5, 5.41) is 26.8. The lowest BCUT2D eigenvalue weighted by Crippen LogP contribution is -2.36. The van der Waals surface area contributed by atoms with Crippen molar-refractivity contribution in [2.45, 2.75) is 18.9 Å². The smallest absolute Gasteiger partial charge is 0.292 e. The minimum Gasteiger partial charge on any atom is -0.387 e. The number of amides is 1. The highest BCUT2D eigenvalue weighted by molar-refractivity contribution is 7.98. The molecule has 0 fully saturated rings. The lowest BCUT2D eigenvalue weighted by Gasteiger charge is -2.23. The molecule has 1 aliphatic rings. The number of benzene rings is 1. The summed E-state index contributed by atoms with van der Waals surface area (Å²) in [7, 11) is 0. The number of carbonyl (C=O) groups is 1. The molecule has 0 aromatic heterocycles. The number of aliphatic hydroxyl groups is 1. The lowest BCUT2D eigenvalue weighted by atomic mass is 10.1. The Morgan fingerprint density at radius 3 is 2.90 bits per heavy atom. The number of nitrogens with one attached hydrogen (secondary N) is 2. The molecule has 114 valence electrons. The number of carbonyl (C=O) groups excluding carboxylic acids is 1. The molecular formula is C13H17N3O4S. The molecule has 1 heterocycles. The molecule has 1 aliphatic heterocycles. The van der Waals surface area contributed by atoms with E-state index in [1.165, 1.54) is 17.8 Å². The van der Waals surface area contributed by atoms with Gasteiger partial charge in [0.15, 0.2) is 0 Å². The van der Waals surface area contributed by atoms with Gasteiger partial charge in [-0.25, -0.2) is 0 Å². The molecule has 0 saturated carbocycles. The molecule has 0 saturated heterocycles. The van der Waals surface area contributed by atoms with Gasteiger partial charge in [0.25, 0.3) is 5.69 Å². The van der Waals surface area contributed by atoms with E-state index >= 15 is 0 Å². The van der Waals surface area contributed by atoms with E-state index < -0.39 is 10.5 Å². The molecule has 3 N–H and O–H groups in total. The number of nitrogens with zero attached hydrogens (tertiary/aromatic N) is 1. The van der Waals surface area contributed by atoms with Crippen molar-refractivity contribution >= 4 is 34.7 Å². The summed E-state index contributed by atoms with van der Waals surface area (Å²) in [6, 6.07) is 2.95. The molecule has 21 heavy (non-hydrogen) atoms. The zero-order valence-electron chi connectivity index (χ0n) is 11.8. The highest BCUT2D eigenvalue weighted by atomic mass is 32.2. The van der Waals surface area contributed by atoms with Crippen LogP contribution in [0.4, 0.5) is 17.1 Å². The van der Waals surface area contributed by atoms with Gasteiger partial charge in [-0.3, -0.25) is 14.9 Å². The Balaban J connectivity index is 2.24. The number of hydrogen-bond donors (Lipinski definition) is 3. The molecule has 1 amide bonds. The normalized spacial score (nSPS) is 16.0. The van der Waals surface area contributed by atoms with Crippen LogP contribution in [0.1, 0.15) is 12.5 Å².